The molecule has 0 atom stereocenters. The number of hydrogen-bond donors (Lipinski definition) is 2. The van der Waals surface area contributed by atoms with E-state index in [1.807, 2.05) is 0 Å². The second-order valence-electron chi connectivity index (χ2n) is 6.56. The van der Waals surface area contributed by atoms with Crippen LogP contribution in [0.5, 0.6) is 0 Å². The number of carbonyl (C=O) groups is 1. The SMILES string of the molecule is CC(C)(C)OC(=O)Nc1cc(NCC2CC2)c(Cl)cc1[N+](=O)[O-]. The van der Waals surface area contributed by atoms with Crippen LogP contribution in [-0.2, 0) is 4.74 Å². The highest BCUT2D eigenvalue weighted by Crippen LogP contribution is 2.36. The molecule has 0 bridgehead atoms. The van der Waals surface area contributed by atoms with Gasteiger partial charge >= 0.3 is 6.09 Å². The summed E-state index contributed by atoms with van der Waals surface area (Å²) in [5.41, 5.74) is -0.377. The number of anilines is 2. The molecule has 1 aliphatic rings. The molecule has 0 aliphatic heterocycles. The van der Waals surface area contributed by atoms with Gasteiger partial charge in [0.05, 0.1) is 15.6 Å². The van der Waals surface area contributed by atoms with Crippen LogP contribution >= 0.6 is 11.6 Å². The molecule has 1 fully saturated rings. The van der Waals surface area contributed by atoms with E-state index in [2.05, 4.69) is 10.6 Å². The number of ether oxygens (including phenoxy) is 1. The van der Waals surface area contributed by atoms with E-state index in [-0.39, 0.29) is 16.4 Å². The monoisotopic (exact) mass is 341 g/mol. The third-order valence-corrected chi connectivity index (χ3v) is 3.51. The molecule has 2 rings (SSSR count). The number of halogens is 1. The Morgan fingerprint density at radius 1 is 1.39 bits per heavy atom. The lowest BCUT2D eigenvalue weighted by Crippen LogP contribution is -2.27. The van der Waals surface area contributed by atoms with E-state index in [0.717, 1.165) is 6.54 Å². The fourth-order valence-electron chi connectivity index (χ4n) is 1.94. The van der Waals surface area contributed by atoms with Crippen LogP contribution in [0.3, 0.4) is 0 Å². The molecule has 1 aromatic carbocycles. The van der Waals surface area contributed by atoms with Gasteiger partial charge in [0.25, 0.3) is 5.69 Å². The molecule has 1 amide bonds. The highest BCUT2D eigenvalue weighted by Gasteiger charge is 2.24. The molecule has 0 heterocycles. The first-order valence-electron chi connectivity index (χ1n) is 7.37. The molecular formula is C15H20ClN3O4. The van der Waals surface area contributed by atoms with E-state index < -0.39 is 16.6 Å². The molecule has 0 saturated heterocycles. The van der Waals surface area contributed by atoms with Crippen LogP contribution in [0.25, 0.3) is 0 Å². The van der Waals surface area contributed by atoms with E-state index in [4.69, 9.17) is 16.3 Å². The maximum atomic E-state index is 11.9. The highest BCUT2D eigenvalue weighted by molar-refractivity contribution is 6.33. The summed E-state index contributed by atoms with van der Waals surface area (Å²) < 4.78 is 5.13. The number of nitrogens with one attached hydrogen (secondary N) is 2. The predicted octanol–water partition coefficient (Wildman–Crippen LogP) is 4.42. The van der Waals surface area contributed by atoms with Crippen LogP contribution in [0.1, 0.15) is 33.6 Å². The molecule has 1 aliphatic carbocycles. The van der Waals surface area contributed by atoms with Crippen molar-refractivity contribution in [1.82, 2.24) is 0 Å². The highest BCUT2D eigenvalue weighted by atomic mass is 35.5. The summed E-state index contributed by atoms with van der Waals surface area (Å²) in [4.78, 5) is 22.4. The summed E-state index contributed by atoms with van der Waals surface area (Å²) >= 11 is 6.08. The Morgan fingerprint density at radius 2 is 2.04 bits per heavy atom. The Bertz CT molecular complexity index is 624. The van der Waals surface area contributed by atoms with Crippen LogP contribution in [0.4, 0.5) is 21.9 Å². The minimum Gasteiger partial charge on any atom is -0.444 e. The Hall–Kier alpha value is -2.02. The standard InChI is InChI=1S/C15H20ClN3O4/c1-15(2,3)23-14(20)18-12-7-11(17-8-9-4-5-9)10(16)6-13(12)19(21)22/h6-7,9,17H,4-5,8H2,1-3H3,(H,18,20). The number of rotatable bonds is 5. The minimum atomic E-state index is -0.754. The molecule has 8 heteroatoms. The molecule has 126 valence electrons. The van der Waals surface area contributed by atoms with E-state index >= 15 is 0 Å². The van der Waals surface area contributed by atoms with Gasteiger partial charge in [-0.05, 0) is 45.6 Å². The predicted molar refractivity (Wildman–Crippen MR) is 89.2 cm³/mol. The number of nitrogens with zero attached hydrogens (tertiary/aromatic N) is 1. The summed E-state index contributed by atoms with van der Waals surface area (Å²) in [5, 5.41) is 17.0. The second kappa shape index (κ2) is 6.62. The summed E-state index contributed by atoms with van der Waals surface area (Å²) in [6, 6.07) is 2.69. The average Bonchev–Trinajstić information content (AvgIpc) is 3.20. The van der Waals surface area contributed by atoms with Crippen LogP contribution in [0.2, 0.25) is 5.02 Å². The second-order valence-corrected chi connectivity index (χ2v) is 6.96. The smallest absolute Gasteiger partial charge is 0.412 e. The van der Waals surface area contributed by atoms with Gasteiger partial charge in [-0.15, -0.1) is 0 Å². The average molecular weight is 342 g/mol. The van der Waals surface area contributed by atoms with E-state index in [1.165, 1.54) is 25.0 Å². The van der Waals surface area contributed by atoms with Gasteiger partial charge in [0.15, 0.2) is 0 Å². The number of amides is 1. The van der Waals surface area contributed by atoms with Gasteiger partial charge in [-0.1, -0.05) is 11.6 Å². The fourth-order valence-corrected chi connectivity index (χ4v) is 2.16. The van der Waals surface area contributed by atoms with Gasteiger partial charge in [0.2, 0.25) is 0 Å². The maximum Gasteiger partial charge on any atom is 0.412 e. The first kappa shape index (κ1) is 17.3. The van der Waals surface area contributed by atoms with E-state index in [1.54, 1.807) is 20.8 Å². The van der Waals surface area contributed by atoms with Crippen LogP contribution in [0, 0.1) is 16.0 Å². The first-order valence-corrected chi connectivity index (χ1v) is 7.75. The Balaban J connectivity index is 2.21. The zero-order chi connectivity index (χ0) is 17.2. The van der Waals surface area contributed by atoms with Crippen LogP contribution in [0.15, 0.2) is 12.1 Å². The fraction of sp³-hybridized carbons (Fsp3) is 0.533. The number of benzene rings is 1. The minimum absolute atomic E-state index is 0.0481. The molecule has 0 spiro atoms. The third kappa shape index (κ3) is 5.28. The number of carbonyl (C=O) groups excluding carboxylic acids is 1. The number of hydrogen-bond acceptors (Lipinski definition) is 5. The molecule has 0 aromatic heterocycles. The lowest BCUT2D eigenvalue weighted by Gasteiger charge is -2.20. The van der Waals surface area contributed by atoms with Crippen molar-refractivity contribution in [2.45, 2.75) is 39.2 Å². The van der Waals surface area contributed by atoms with Crippen molar-refractivity contribution in [2.24, 2.45) is 5.92 Å². The zero-order valence-electron chi connectivity index (χ0n) is 13.3. The van der Waals surface area contributed by atoms with Gasteiger partial charge in [0, 0.05) is 12.6 Å². The van der Waals surface area contributed by atoms with E-state index in [9.17, 15) is 14.9 Å². The molecule has 23 heavy (non-hydrogen) atoms. The van der Waals surface area contributed by atoms with Crippen LogP contribution in [-0.4, -0.2) is 23.2 Å². The van der Waals surface area contributed by atoms with Crippen molar-refractivity contribution >= 4 is 34.8 Å². The Kier molecular flexibility index (Phi) is 4.99. The lowest BCUT2D eigenvalue weighted by molar-refractivity contribution is -0.383. The van der Waals surface area contributed by atoms with Crippen molar-refractivity contribution in [2.75, 3.05) is 17.2 Å². The summed E-state index contributed by atoms with van der Waals surface area (Å²) in [7, 11) is 0. The molecular weight excluding hydrogens is 322 g/mol. The lowest BCUT2D eigenvalue weighted by atomic mass is 10.2. The zero-order valence-corrected chi connectivity index (χ0v) is 14.1. The van der Waals surface area contributed by atoms with E-state index in [0.29, 0.717) is 11.6 Å². The first-order chi connectivity index (χ1) is 10.7. The summed E-state index contributed by atoms with van der Waals surface area (Å²) in [5.74, 6) is 0.614. The Morgan fingerprint density at radius 3 is 2.57 bits per heavy atom. The molecule has 7 nitrogen and oxygen atoms in total. The van der Waals surface area contributed by atoms with Gasteiger partial charge in [-0.25, -0.2) is 4.79 Å². The summed E-state index contributed by atoms with van der Waals surface area (Å²) in [6.45, 7) is 5.89. The van der Waals surface area contributed by atoms with Crippen molar-refractivity contribution in [3.8, 4) is 0 Å². The topological polar surface area (TPSA) is 93.5 Å². The van der Waals surface area contributed by atoms with Crippen molar-refractivity contribution in [3.05, 3.63) is 27.3 Å². The molecule has 2 N–H and O–H groups in total. The van der Waals surface area contributed by atoms with Gasteiger partial charge < -0.3 is 10.1 Å². The van der Waals surface area contributed by atoms with Crippen LogP contribution < -0.4 is 10.6 Å². The third-order valence-electron chi connectivity index (χ3n) is 3.20. The largest absolute Gasteiger partial charge is 0.444 e. The van der Waals surface area contributed by atoms with Crippen molar-refractivity contribution in [3.63, 3.8) is 0 Å². The molecule has 1 aromatic rings. The van der Waals surface area contributed by atoms with Crippen molar-refractivity contribution < 1.29 is 14.5 Å². The maximum absolute atomic E-state index is 11.9. The number of nitro benzene ring substituents is 1. The summed E-state index contributed by atoms with van der Waals surface area (Å²) in [6.07, 6.45) is 1.58. The Labute approximate surface area is 139 Å². The van der Waals surface area contributed by atoms with Gasteiger partial charge in [-0.2, -0.15) is 0 Å². The van der Waals surface area contributed by atoms with Gasteiger partial charge in [-0.3, -0.25) is 15.4 Å². The normalized spacial score (nSPS) is 14.3. The molecule has 1 saturated carbocycles. The molecule has 0 unspecified atom stereocenters. The quantitative estimate of drug-likeness (QED) is 0.610. The number of nitro groups is 1. The van der Waals surface area contributed by atoms with Crippen molar-refractivity contribution in [1.29, 1.82) is 0 Å². The molecule has 0 radical (unpaired) electrons. The van der Waals surface area contributed by atoms with Gasteiger partial charge in [0.1, 0.15) is 11.3 Å².